The Balaban J connectivity index is 1.47. The van der Waals surface area contributed by atoms with E-state index in [0.29, 0.717) is 6.61 Å². The van der Waals surface area contributed by atoms with Gasteiger partial charge in [0.25, 0.3) is 8.32 Å². The molecule has 6 heteroatoms. The summed E-state index contributed by atoms with van der Waals surface area (Å²) in [6.45, 7) is 11.3. The van der Waals surface area contributed by atoms with Gasteiger partial charge in [0.05, 0.1) is 12.7 Å². The molecular weight excluding hydrogens is 496 g/mol. The molecule has 2 heterocycles. The van der Waals surface area contributed by atoms with Gasteiger partial charge in [-0.15, -0.1) is 0 Å². The van der Waals surface area contributed by atoms with Crippen molar-refractivity contribution in [2.24, 2.45) is 0 Å². The van der Waals surface area contributed by atoms with Crippen LogP contribution in [0, 0.1) is 0 Å². The van der Waals surface area contributed by atoms with Crippen LogP contribution in [0.5, 0.6) is 0 Å². The number of hydrogen-bond donors (Lipinski definition) is 0. The Bertz CT molecular complexity index is 1110. The topological polar surface area (TPSA) is 36.9 Å². The molecule has 0 spiro atoms. The van der Waals surface area contributed by atoms with E-state index in [2.05, 4.69) is 106 Å². The van der Waals surface area contributed by atoms with Crippen molar-refractivity contribution in [2.75, 3.05) is 6.61 Å². The summed E-state index contributed by atoms with van der Waals surface area (Å²) >= 11 is 1.75. The Labute approximate surface area is 226 Å². The zero-order chi connectivity index (χ0) is 26.1. The van der Waals surface area contributed by atoms with E-state index in [0.717, 1.165) is 6.42 Å². The molecule has 2 aliphatic rings. The molecule has 0 amide bonds. The van der Waals surface area contributed by atoms with Gasteiger partial charge < -0.3 is 18.6 Å². The third-order valence-corrected chi connectivity index (χ3v) is 13.3. The fourth-order valence-corrected chi connectivity index (χ4v) is 11.4. The fraction of sp³-hybridized carbons (Fsp3) is 0.419. The molecule has 5 rings (SSSR count). The lowest BCUT2D eigenvalue weighted by atomic mass is 10.0. The molecule has 0 saturated carbocycles. The van der Waals surface area contributed by atoms with Crippen molar-refractivity contribution in [3.8, 4) is 0 Å². The molecular formula is C31H38O4SSi. The van der Waals surface area contributed by atoms with E-state index in [1.54, 1.807) is 11.8 Å². The highest BCUT2D eigenvalue weighted by atomic mass is 32.2. The van der Waals surface area contributed by atoms with Gasteiger partial charge in [0.15, 0.2) is 5.79 Å². The summed E-state index contributed by atoms with van der Waals surface area (Å²) < 4.78 is 26.7. The van der Waals surface area contributed by atoms with Crippen LogP contribution >= 0.6 is 11.8 Å². The molecule has 0 radical (unpaired) electrons. The molecule has 3 aromatic rings. The minimum atomic E-state index is -2.69. The van der Waals surface area contributed by atoms with Crippen molar-refractivity contribution in [3.63, 3.8) is 0 Å². The fourth-order valence-electron chi connectivity index (χ4n) is 5.71. The second-order valence-electron chi connectivity index (χ2n) is 11.4. The molecule has 4 nitrogen and oxygen atoms in total. The van der Waals surface area contributed by atoms with Gasteiger partial charge >= 0.3 is 0 Å². The second kappa shape index (κ2) is 10.7. The predicted molar refractivity (Wildman–Crippen MR) is 153 cm³/mol. The quantitative estimate of drug-likeness (QED) is 0.348. The molecule has 196 valence electrons. The maximum Gasteiger partial charge on any atom is 0.261 e. The highest BCUT2D eigenvalue weighted by molar-refractivity contribution is 7.99. The maximum absolute atomic E-state index is 7.25. The molecule has 2 fully saturated rings. The van der Waals surface area contributed by atoms with Crippen molar-refractivity contribution in [3.05, 3.63) is 91.0 Å². The molecule has 3 aromatic carbocycles. The van der Waals surface area contributed by atoms with E-state index >= 15 is 0 Å². The monoisotopic (exact) mass is 534 g/mol. The molecule has 0 bridgehead atoms. The van der Waals surface area contributed by atoms with Gasteiger partial charge in [0, 0.05) is 11.3 Å². The molecule has 37 heavy (non-hydrogen) atoms. The smallest absolute Gasteiger partial charge is 0.261 e. The number of rotatable bonds is 7. The van der Waals surface area contributed by atoms with Gasteiger partial charge in [-0.2, -0.15) is 0 Å². The van der Waals surface area contributed by atoms with E-state index in [4.69, 9.17) is 18.6 Å². The molecule has 0 N–H and O–H groups in total. The Morgan fingerprint density at radius 2 is 1.38 bits per heavy atom. The summed E-state index contributed by atoms with van der Waals surface area (Å²) in [5, 5.41) is 2.43. The van der Waals surface area contributed by atoms with Crippen molar-refractivity contribution in [2.45, 2.75) is 80.5 Å². The first-order chi connectivity index (χ1) is 17.7. The normalized spacial score (nSPS) is 25.5. The van der Waals surface area contributed by atoms with Crippen LogP contribution in [-0.2, 0) is 18.6 Å². The molecule has 4 atom stereocenters. The van der Waals surface area contributed by atoms with Crippen molar-refractivity contribution in [1.82, 2.24) is 0 Å². The standard InChI is InChI=1S/C31H38O4SSi/c1-30(2,3)37(24-17-11-7-12-18-24,25-19-13-8-14-20-25)32-22-27-29-26(34-31(4,5)35-29)21-28(33-27)36-23-15-9-6-10-16-23/h6-20,26-29H,21-22H2,1-5H3/t26-,27?,28-,29-/m1/s1. The third-order valence-electron chi connectivity index (χ3n) is 7.23. The number of benzene rings is 3. The van der Waals surface area contributed by atoms with Crippen LogP contribution in [-0.4, -0.2) is 44.5 Å². The molecule has 0 aliphatic carbocycles. The van der Waals surface area contributed by atoms with E-state index < -0.39 is 14.1 Å². The zero-order valence-electron chi connectivity index (χ0n) is 22.4. The van der Waals surface area contributed by atoms with Crippen LogP contribution in [0.2, 0.25) is 5.04 Å². The number of thioether (sulfide) groups is 1. The zero-order valence-corrected chi connectivity index (χ0v) is 24.2. The average molecular weight is 535 g/mol. The summed E-state index contributed by atoms with van der Waals surface area (Å²) in [7, 11) is -2.69. The largest absolute Gasteiger partial charge is 0.405 e. The minimum Gasteiger partial charge on any atom is -0.405 e. The number of ether oxygens (including phenoxy) is 3. The molecule has 1 unspecified atom stereocenters. The SMILES string of the molecule is CC1(C)O[C@@H]2C[C@@H](Sc3ccccc3)OC(CO[Si](c3ccccc3)(c3ccccc3)C(C)(C)C)[C@@H]2O1. The van der Waals surface area contributed by atoms with Crippen LogP contribution in [0.1, 0.15) is 41.0 Å². The van der Waals surface area contributed by atoms with Crippen molar-refractivity contribution >= 4 is 30.5 Å². The lowest BCUT2D eigenvalue weighted by molar-refractivity contribution is -0.158. The van der Waals surface area contributed by atoms with Crippen LogP contribution in [0.15, 0.2) is 95.9 Å². The van der Waals surface area contributed by atoms with Gasteiger partial charge in [0.1, 0.15) is 17.6 Å². The Hall–Kier alpha value is -1.93. The maximum atomic E-state index is 7.25. The Kier molecular flexibility index (Phi) is 7.69. The van der Waals surface area contributed by atoms with Crippen LogP contribution in [0.25, 0.3) is 0 Å². The highest BCUT2D eigenvalue weighted by Gasteiger charge is 2.54. The molecule has 0 aromatic heterocycles. The van der Waals surface area contributed by atoms with E-state index in [9.17, 15) is 0 Å². The van der Waals surface area contributed by atoms with Gasteiger partial charge in [0.2, 0.25) is 0 Å². The summed E-state index contributed by atoms with van der Waals surface area (Å²) in [5.41, 5.74) is -0.0334. The van der Waals surface area contributed by atoms with E-state index in [1.165, 1.54) is 15.3 Å². The first-order valence-corrected chi connectivity index (χ1v) is 15.9. The first-order valence-electron chi connectivity index (χ1n) is 13.2. The van der Waals surface area contributed by atoms with Crippen molar-refractivity contribution in [1.29, 1.82) is 0 Å². The van der Waals surface area contributed by atoms with Gasteiger partial charge in [-0.1, -0.05) is 111 Å². The molecule has 2 saturated heterocycles. The summed E-state index contributed by atoms with van der Waals surface area (Å²) in [6.07, 6.45) is 0.352. The van der Waals surface area contributed by atoms with E-state index in [1.807, 2.05) is 19.9 Å². The Morgan fingerprint density at radius 1 is 0.838 bits per heavy atom. The predicted octanol–water partition coefficient (Wildman–Crippen LogP) is 5.99. The first kappa shape index (κ1) is 26.7. The number of hydrogen-bond acceptors (Lipinski definition) is 5. The summed E-state index contributed by atoms with van der Waals surface area (Å²) in [4.78, 5) is 1.19. The number of fused-ring (bicyclic) bond motifs is 1. The summed E-state index contributed by atoms with van der Waals surface area (Å²) in [5.74, 6) is -0.638. The average Bonchev–Trinajstić information content (AvgIpc) is 3.19. The van der Waals surface area contributed by atoms with Gasteiger partial charge in [-0.05, 0) is 41.4 Å². The lowest BCUT2D eigenvalue weighted by Gasteiger charge is -2.45. The highest BCUT2D eigenvalue weighted by Crippen LogP contribution is 2.43. The summed E-state index contributed by atoms with van der Waals surface area (Å²) in [6, 6.07) is 31.9. The molecule has 2 aliphatic heterocycles. The van der Waals surface area contributed by atoms with Crippen LogP contribution in [0.4, 0.5) is 0 Å². The van der Waals surface area contributed by atoms with E-state index in [-0.39, 0.29) is 28.8 Å². The Morgan fingerprint density at radius 3 is 1.92 bits per heavy atom. The van der Waals surface area contributed by atoms with Gasteiger partial charge in [-0.3, -0.25) is 0 Å². The van der Waals surface area contributed by atoms with Crippen LogP contribution in [0.3, 0.4) is 0 Å². The van der Waals surface area contributed by atoms with Crippen molar-refractivity contribution < 1.29 is 18.6 Å². The van der Waals surface area contributed by atoms with Gasteiger partial charge in [-0.25, -0.2) is 0 Å². The lowest BCUT2D eigenvalue weighted by Crippen LogP contribution is -2.67. The second-order valence-corrected chi connectivity index (χ2v) is 16.9. The van der Waals surface area contributed by atoms with Crippen LogP contribution < -0.4 is 10.4 Å². The minimum absolute atomic E-state index is 0.0299. The third kappa shape index (κ3) is 5.60.